The van der Waals surface area contributed by atoms with Crippen LogP contribution in [0, 0.1) is 0 Å². The average Bonchev–Trinajstić information content (AvgIpc) is 3.79. The Morgan fingerprint density at radius 3 is 2.32 bits per heavy atom. The molecule has 0 amide bonds. The number of ether oxygens (including phenoxy) is 1. The zero-order chi connectivity index (χ0) is 31.2. The quantitative estimate of drug-likeness (QED) is 0.118. The molecule has 0 saturated heterocycles. The van der Waals surface area contributed by atoms with Crippen LogP contribution in [0.4, 0.5) is 5.69 Å². The Bertz CT molecular complexity index is 1650. The van der Waals surface area contributed by atoms with Gasteiger partial charge in [0.1, 0.15) is 11.9 Å². The largest absolute Gasteiger partial charge is 0.464 e. The number of aliphatic imine (C=N–C) groups is 1. The van der Waals surface area contributed by atoms with Crippen LogP contribution in [0.3, 0.4) is 0 Å². The summed E-state index contributed by atoms with van der Waals surface area (Å²) in [5, 5.41) is 4.76. The van der Waals surface area contributed by atoms with E-state index in [1.54, 1.807) is 11.3 Å². The van der Waals surface area contributed by atoms with Gasteiger partial charge in [0, 0.05) is 31.4 Å². The molecular formula is C37H40N4OS2. The van der Waals surface area contributed by atoms with Crippen LogP contribution in [0.2, 0.25) is 0 Å². The molecule has 0 fully saturated rings. The summed E-state index contributed by atoms with van der Waals surface area (Å²) in [6.45, 7) is 16.8. The lowest BCUT2D eigenvalue weighted by molar-refractivity contribution is 0.0463. The summed E-state index contributed by atoms with van der Waals surface area (Å²) in [5.41, 5.74) is 4.32. The molecule has 0 bridgehead atoms. The molecule has 3 unspecified atom stereocenters. The van der Waals surface area contributed by atoms with Gasteiger partial charge in [0.25, 0.3) is 0 Å². The van der Waals surface area contributed by atoms with Crippen molar-refractivity contribution in [3.05, 3.63) is 129 Å². The summed E-state index contributed by atoms with van der Waals surface area (Å²) < 4.78 is 7.48. The third kappa shape index (κ3) is 6.42. The van der Waals surface area contributed by atoms with E-state index < -0.39 is 0 Å². The predicted octanol–water partition coefficient (Wildman–Crippen LogP) is 10.2. The molecule has 226 valence electrons. The van der Waals surface area contributed by atoms with Gasteiger partial charge in [-0.2, -0.15) is 0 Å². The third-order valence-electron chi connectivity index (χ3n) is 7.67. The smallest absolute Gasteiger partial charge is 0.196 e. The van der Waals surface area contributed by atoms with Crippen molar-refractivity contribution in [1.82, 2.24) is 9.80 Å². The van der Waals surface area contributed by atoms with Crippen molar-refractivity contribution in [2.75, 3.05) is 19.4 Å². The minimum Gasteiger partial charge on any atom is -0.464 e. The normalized spacial score (nSPS) is 15.1. The first-order valence-electron chi connectivity index (χ1n) is 14.8. The maximum atomic E-state index is 6.18. The Morgan fingerprint density at radius 2 is 1.66 bits per heavy atom. The standard InChI is InChI=1S/C35H34N4OS2.C2H6/c1-6-23-21-32(42-30(23)7-2)33(36-3)39(5)35(38(4)22-27-20-26-12-8-11-15-31(26)41-27)25-18-16-24(17-19-25)34-37-28-13-9-10-14-29(28)40-34;1-2/h6-21,33-35,37H,1-3,22H2,4-5H3;1-2H3. The summed E-state index contributed by atoms with van der Waals surface area (Å²) >= 11 is 3.53. The number of hydrogen-bond donors (Lipinski definition) is 1. The summed E-state index contributed by atoms with van der Waals surface area (Å²) in [6, 6.07) is 29.8. The number of nitrogens with zero attached hydrogens (tertiary/aromatic N) is 3. The molecule has 1 N–H and O–H groups in total. The molecular weight excluding hydrogens is 581 g/mol. The maximum absolute atomic E-state index is 6.18. The topological polar surface area (TPSA) is 40.1 Å². The van der Waals surface area contributed by atoms with Gasteiger partial charge < -0.3 is 10.1 Å². The number of para-hydroxylation sites is 2. The van der Waals surface area contributed by atoms with E-state index in [1.165, 1.54) is 20.5 Å². The van der Waals surface area contributed by atoms with Crippen molar-refractivity contribution in [2.45, 2.75) is 39.0 Å². The van der Waals surface area contributed by atoms with Crippen LogP contribution in [0.5, 0.6) is 5.75 Å². The van der Waals surface area contributed by atoms with E-state index in [0.717, 1.165) is 38.9 Å². The fourth-order valence-corrected chi connectivity index (χ4v) is 7.92. The highest BCUT2D eigenvalue weighted by Gasteiger charge is 2.30. The Hall–Kier alpha value is -4.01. The number of rotatable bonds is 11. The Kier molecular flexibility index (Phi) is 10.1. The van der Waals surface area contributed by atoms with Gasteiger partial charge in [0.2, 0.25) is 0 Å². The Balaban J connectivity index is 0.00000188. The molecule has 3 aromatic carbocycles. The van der Waals surface area contributed by atoms with Gasteiger partial charge in [-0.3, -0.25) is 14.8 Å². The first kappa shape index (κ1) is 31.4. The Morgan fingerprint density at radius 1 is 0.932 bits per heavy atom. The highest BCUT2D eigenvalue weighted by Crippen LogP contribution is 2.40. The first-order valence-corrected chi connectivity index (χ1v) is 16.5. The van der Waals surface area contributed by atoms with Crippen molar-refractivity contribution >= 4 is 57.3 Å². The lowest BCUT2D eigenvalue weighted by Gasteiger charge is -2.38. The highest BCUT2D eigenvalue weighted by molar-refractivity contribution is 7.19. The lowest BCUT2D eigenvalue weighted by atomic mass is 10.1. The van der Waals surface area contributed by atoms with Gasteiger partial charge in [-0.25, -0.2) is 0 Å². The van der Waals surface area contributed by atoms with Crippen LogP contribution >= 0.6 is 22.7 Å². The van der Waals surface area contributed by atoms with Gasteiger partial charge in [-0.15, -0.1) is 22.7 Å². The average molecular weight is 621 g/mol. The molecule has 5 nitrogen and oxygen atoms in total. The fourth-order valence-electron chi connectivity index (χ4n) is 5.67. The number of nitrogens with one attached hydrogen (secondary N) is 1. The predicted molar refractivity (Wildman–Crippen MR) is 192 cm³/mol. The molecule has 3 heterocycles. The van der Waals surface area contributed by atoms with Gasteiger partial charge in [-0.05, 0) is 67.7 Å². The number of benzene rings is 3. The molecule has 2 aromatic heterocycles. The highest BCUT2D eigenvalue weighted by atomic mass is 32.1. The Labute approximate surface area is 269 Å². The van der Waals surface area contributed by atoms with Crippen LogP contribution in [0.1, 0.15) is 63.7 Å². The van der Waals surface area contributed by atoms with Gasteiger partial charge in [-0.1, -0.05) is 93.8 Å². The van der Waals surface area contributed by atoms with Gasteiger partial charge in [0.15, 0.2) is 6.23 Å². The van der Waals surface area contributed by atoms with Crippen LogP contribution < -0.4 is 10.1 Å². The number of fused-ring (bicyclic) bond motifs is 2. The van der Waals surface area contributed by atoms with E-state index in [9.17, 15) is 0 Å². The summed E-state index contributed by atoms with van der Waals surface area (Å²) in [6.07, 6.45) is 3.22. The number of thiophene rings is 2. The molecule has 1 aliphatic rings. The fraction of sp³-hybridized carbons (Fsp3) is 0.216. The van der Waals surface area contributed by atoms with Crippen LogP contribution in [-0.4, -0.2) is 30.6 Å². The second kappa shape index (κ2) is 14.2. The van der Waals surface area contributed by atoms with E-state index in [2.05, 4.69) is 115 Å². The molecule has 0 radical (unpaired) electrons. The molecule has 3 atom stereocenters. The number of anilines is 1. The molecule has 0 saturated carbocycles. The van der Waals surface area contributed by atoms with E-state index in [0.29, 0.717) is 0 Å². The molecule has 7 heteroatoms. The summed E-state index contributed by atoms with van der Waals surface area (Å²) in [5.74, 6) is 0.876. The van der Waals surface area contributed by atoms with E-state index in [-0.39, 0.29) is 18.6 Å². The van der Waals surface area contributed by atoms with E-state index >= 15 is 0 Å². The molecule has 5 aromatic rings. The second-order valence-electron chi connectivity index (χ2n) is 10.4. The minimum absolute atomic E-state index is 0.0733. The summed E-state index contributed by atoms with van der Waals surface area (Å²) in [4.78, 5) is 12.8. The minimum atomic E-state index is -0.244. The number of hydrogen-bond acceptors (Lipinski definition) is 7. The third-order valence-corrected chi connectivity index (χ3v) is 9.96. The molecule has 0 spiro atoms. The van der Waals surface area contributed by atoms with E-state index in [4.69, 9.17) is 4.74 Å². The van der Waals surface area contributed by atoms with Crippen molar-refractivity contribution in [2.24, 2.45) is 4.99 Å². The molecule has 6 rings (SSSR count). The second-order valence-corrected chi connectivity index (χ2v) is 12.7. The van der Waals surface area contributed by atoms with Crippen molar-refractivity contribution in [1.29, 1.82) is 0 Å². The van der Waals surface area contributed by atoms with Crippen molar-refractivity contribution in [3.63, 3.8) is 0 Å². The van der Waals surface area contributed by atoms with Crippen molar-refractivity contribution in [3.8, 4) is 5.75 Å². The molecule has 44 heavy (non-hydrogen) atoms. The monoisotopic (exact) mass is 620 g/mol. The lowest BCUT2D eigenvalue weighted by Crippen LogP contribution is -2.38. The molecule has 1 aliphatic heterocycles. The van der Waals surface area contributed by atoms with Crippen LogP contribution in [-0.2, 0) is 6.54 Å². The van der Waals surface area contributed by atoms with Crippen LogP contribution in [0.25, 0.3) is 22.2 Å². The van der Waals surface area contributed by atoms with Gasteiger partial charge >= 0.3 is 0 Å². The van der Waals surface area contributed by atoms with Crippen molar-refractivity contribution < 1.29 is 4.74 Å². The SMILES string of the molecule is C=Cc1cc(C(N=C)N(C)C(c2ccc(C3Nc4ccccc4O3)cc2)N(C)Cc2cc3ccccc3s2)sc1C=C.CC. The zero-order valence-corrected chi connectivity index (χ0v) is 27.5. The van der Waals surface area contributed by atoms with Gasteiger partial charge in [0.05, 0.1) is 11.9 Å². The maximum Gasteiger partial charge on any atom is 0.196 e. The molecule has 0 aliphatic carbocycles. The zero-order valence-electron chi connectivity index (χ0n) is 25.9. The first-order chi connectivity index (χ1) is 21.5. The van der Waals surface area contributed by atoms with E-state index in [1.807, 2.05) is 61.6 Å². The van der Waals surface area contributed by atoms with Crippen LogP contribution in [0.15, 0.2) is 103 Å². The summed E-state index contributed by atoms with van der Waals surface area (Å²) in [7, 11) is 4.30.